The Labute approximate surface area is 221 Å². The lowest BCUT2D eigenvalue weighted by Gasteiger charge is -2.22. The van der Waals surface area contributed by atoms with Crippen molar-refractivity contribution in [2.75, 3.05) is 11.5 Å². The number of thiazole rings is 1. The smallest absolute Gasteiger partial charge is 0.335 e. The summed E-state index contributed by atoms with van der Waals surface area (Å²) in [6.45, 7) is 4.60. The lowest BCUT2D eigenvalue weighted by molar-refractivity contribution is -0.132. The third-order valence-electron chi connectivity index (χ3n) is 5.95. The lowest BCUT2D eigenvalue weighted by Crippen LogP contribution is -2.29. The number of hydrogen-bond acceptors (Lipinski definition) is 8. The fourth-order valence-electron chi connectivity index (χ4n) is 4.12. The van der Waals surface area contributed by atoms with Gasteiger partial charge in [-0.25, -0.2) is 9.78 Å². The quantitative estimate of drug-likeness (QED) is 0.193. The molecule has 1 unspecified atom stereocenters. The van der Waals surface area contributed by atoms with Crippen LogP contribution in [0.25, 0.3) is 16.0 Å². The molecule has 3 heterocycles. The molecule has 2 aromatic carbocycles. The molecule has 1 fully saturated rings. The summed E-state index contributed by atoms with van der Waals surface area (Å²) in [7, 11) is 0. The molecule has 1 aliphatic rings. The highest BCUT2D eigenvalue weighted by Crippen LogP contribution is 2.43. The van der Waals surface area contributed by atoms with Crippen LogP contribution < -0.4 is 9.64 Å². The number of aromatic carboxylic acids is 1. The van der Waals surface area contributed by atoms with E-state index < -0.39 is 23.7 Å². The molecule has 0 aliphatic carbocycles. The summed E-state index contributed by atoms with van der Waals surface area (Å²) in [5.41, 5.74) is 1.16. The van der Waals surface area contributed by atoms with E-state index in [2.05, 4.69) is 9.97 Å². The minimum atomic E-state index is -1.09. The molecule has 10 heteroatoms. The molecule has 192 valence electrons. The number of ether oxygens (including phenoxy) is 1. The van der Waals surface area contributed by atoms with Crippen LogP contribution in [0.4, 0.5) is 5.13 Å². The largest absolute Gasteiger partial charge is 0.507 e. The Bertz CT molecular complexity index is 1580. The number of anilines is 1. The van der Waals surface area contributed by atoms with Gasteiger partial charge in [0.05, 0.1) is 33.7 Å². The van der Waals surface area contributed by atoms with Gasteiger partial charge in [-0.3, -0.25) is 19.5 Å². The molecule has 0 saturated carbocycles. The Morgan fingerprint density at radius 1 is 1.05 bits per heavy atom. The van der Waals surface area contributed by atoms with Gasteiger partial charge in [-0.15, -0.1) is 0 Å². The number of aliphatic hydroxyl groups excluding tert-OH is 1. The van der Waals surface area contributed by atoms with Crippen LogP contribution in [0.15, 0.2) is 72.4 Å². The third-order valence-corrected chi connectivity index (χ3v) is 6.97. The van der Waals surface area contributed by atoms with Crippen LogP contribution in [0.2, 0.25) is 0 Å². The standard InChI is InChI=1S/C28H23N3O6S/c1-15(2)14-37-18-9-6-16(7-10-18)24(32)22-23(20-5-3-4-12-29-20)31(26(34)25(22)33)28-30-19-11-8-17(27(35)36)13-21(19)38-28/h3-13,15,23,32H,14H2,1-2H3,(H,35,36)/b24-22+. The van der Waals surface area contributed by atoms with Crippen molar-refractivity contribution >= 4 is 50.1 Å². The van der Waals surface area contributed by atoms with Gasteiger partial charge >= 0.3 is 11.9 Å². The first-order valence-corrected chi connectivity index (χ1v) is 12.6. The summed E-state index contributed by atoms with van der Waals surface area (Å²) in [5.74, 6) is -2.20. The van der Waals surface area contributed by atoms with Gasteiger partial charge in [0.15, 0.2) is 5.13 Å². The maximum atomic E-state index is 13.3. The zero-order valence-corrected chi connectivity index (χ0v) is 21.3. The van der Waals surface area contributed by atoms with E-state index in [1.807, 2.05) is 13.8 Å². The Morgan fingerprint density at radius 2 is 1.79 bits per heavy atom. The van der Waals surface area contributed by atoms with Crippen LogP contribution in [-0.2, 0) is 9.59 Å². The number of carbonyl (C=O) groups is 3. The van der Waals surface area contributed by atoms with Crippen molar-refractivity contribution in [2.24, 2.45) is 5.92 Å². The van der Waals surface area contributed by atoms with Crippen LogP contribution in [0.5, 0.6) is 5.75 Å². The number of fused-ring (bicyclic) bond motifs is 1. The molecule has 1 saturated heterocycles. The first kappa shape index (κ1) is 25.1. The molecule has 9 nitrogen and oxygen atoms in total. The van der Waals surface area contributed by atoms with E-state index in [0.29, 0.717) is 39.7 Å². The molecule has 1 aliphatic heterocycles. The molecule has 0 bridgehead atoms. The highest BCUT2D eigenvalue weighted by atomic mass is 32.1. The van der Waals surface area contributed by atoms with Crippen LogP contribution in [0, 0.1) is 5.92 Å². The molecule has 0 spiro atoms. The summed E-state index contributed by atoms with van der Waals surface area (Å²) in [5, 5.41) is 20.8. The van der Waals surface area contributed by atoms with Crippen molar-refractivity contribution in [1.82, 2.24) is 9.97 Å². The Kier molecular flexibility index (Phi) is 6.64. The summed E-state index contributed by atoms with van der Waals surface area (Å²) in [6.07, 6.45) is 1.54. The SMILES string of the molecule is CC(C)COc1ccc(/C(O)=C2\C(=O)C(=O)N(c3nc4ccc(C(=O)O)cc4s3)C2c2ccccn2)cc1. The molecular weight excluding hydrogens is 506 g/mol. The number of nitrogens with zero attached hydrogens (tertiary/aromatic N) is 3. The Balaban J connectivity index is 1.61. The summed E-state index contributed by atoms with van der Waals surface area (Å²) < 4.78 is 6.24. The number of rotatable bonds is 7. The van der Waals surface area contributed by atoms with E-state index in [0.717, 1.165) is 11.3 Å². The highest BCUT2D eigenvalue weighted by Gasteiger charge is 2.48. The second-order valence-electron chi connectivity index (χ2n) is 9.14. The number of benzene rings is 2. The molecule has 2 N–H and O–H groups in total. The van der Waals surface area contributed by atoms with Crippen LogP contribution >= 0.6 is 11.3 Å². The van der Waals surface area contributed by atoms with Crippen LogP contribution in [0.1, 0.15) is 41.5 Å². The first-order chi connectivity index (χ1) is 18.2. The summed E-state index contributed by atoms with van der Waals surface area (Å²) in [6, 6.07) is 15.1. The highest BCUT2D eigenvalue weighted by molar-refractivity contribution is 7.22. The van der Waals surface area contributed by atoms with Crippen molar-refractivity contribution in [2.45, 2.75) is 19.9 Å². The number of carbonyl (C=O) groups excluding carboxylic acids is 2. The minimum Gasteiger partial charge on any atom is -0.507 e. The minimum absolute atomic E-state index is 0.0804. The molecule has 0 radical (unpaired) electrons. The fraction of sp³-hybridized carbons (Fsp3) is 0.179. The number of carboxylic acids is 1. The molecule has 2 aromatic heterocycles. The maximum Gasteiger partial charge on any atom is 0.335 e. The molecular formula is C28H23N3O6S. The predicted molar refractivity (Wildman–Crippen MR) is 142 cm³/mol. The van der Waals surface area contributed by atoms with Gasteiger partial charge in [-0.05, 0) is 60.5 Å². The molecule has 5 rings (SSSR count). The number of hydrogen-bond donors (Lipinski definition) is 2. The van der Waals surface area contributed by atoms with E-state index >= 15 is 0 Å². The number of carboxylic acid groups (broad SMARTS) is 1. The second kappa shape index (κ2) is 10.1. The molecule has 38 heavy (non-hydrogen) atoms. The van der Waals surface area contributed by atoms with Crippen molar-refractivity contribution in [1.29, 1.82) is 0 Å². The van der Waals surface area contributed by atoms with Crippen molar-refractivity contribution < 1.29 is 29.3 Å². The topological polar surface area (TPSA) is 130 Å². The van der Waals surface area contributed by atoms with Gasteiger partial charge in [-0.2, -0.15) is 0 Å². The first-order valence-electron chi connectivity index (χ1n) is 11.8. The zero-order chi connectivity index (χ0) is 27.0. The summed E-state index contributed by atoms with van der Waals surface area (Å²) >= 11 is 1.08. The number of pyridine rings is 1. The monoisotopic (exact) mass is 529 g/mol. The Hall–Kier alpha value is -4.57. The second-order valence-corrected chi connectivity index (χ2v) is 10.1. The van der Waals surface area contributed by atoms with E-state index in [4.69, 9.17) is 4.74 Å². The average molecular weight is 530 g/mol. The van der Waals surface area contributed by atoms with Crippen molar-refractivity contribution in [3.05, 3.63) is 89.3 Å². The van der Waals surface area contributed by atoms with Crippen LogP contribution in [-0.4, -0.2) is 44.4 Å². The van der Waals surface area contributed by atoms with E-state index in [1.165, 1.54) is 23.2 Å². The number of aliphatic hydroxyl groups is 1. The van der Waals surface area contributed by atoms with Crippen molar-refractivity contribution in [3.8, 4) is 5.75 Å². The van der Waals surface area contributed by atoms with E-state index in [-0.39, 0.29) is 22.0 Å². The van der Waals surface area contributed by atoms with Gasteiger partial charge in [0.1, 0.15) is 17.6 Å². The molecule has 1 amide bonds. The zero-order valence-electron chi connectivity index (χ0n) is 20.5. The normalized spacial score (nSPS) is 16.9. The maximum absolute atomic E-state index is 13.3. The lowest BCUT2D eigenvalue weighted by atomic mass is 9.98. The van der Waals surface area contributed by atoms with E-state index in [1.54, 1.807) is 48.5 Å². The summed E-state index contributed by atoms with van der Waals surface area (Å²) in [4.78, 5) is 48.2. The average Bonchev–Trinajstić information content (AvgIpc) is 3.45. The predicted octanol–water partition coefficient (Wildman–Crippen LogP) is 5.05. The number of aromatic nitrogens is 2. The van der Waals surface area contributed by atoms with Gasteiger partial charge < -0.3 is 14.9 Å². The van der Waals surface area contributed by atoms with Gasteiger partial charge in [0.25, 0.3) is 5.78 Å². The van der Waals surface area contributed by atoms with E-state index in [9.17, 15) is 24.6 Å². The van der Waals surface area contributed by atoms with Gasteiger partial charge in [-0.1, -0.05) is 31.3 Å². The van der Waals surface area contributed by atoms with Gasteiger partial charge in [0, 0.05) is 11.8 Å². The van der Waals surface area contributed by atoms with Crippen LogP contribution in [0.3, 0.4) is 0 Å². The molecule has 4 aromatic rings. The fourth-order valence-corrected chi connectivity index (χ4v) is 5.15. The molecule has 1 atom stereocenters. The van der Waals surface area contributed by atoms with Gasteiger partial charge in [0.2, 0.25) is 0 Å². The number of Topliss-reactive ketones (excluding diaryl/α,β-unsaturated/α-hetero) is 1. The number of amides is 1. The van der Waals surface area contributed by atoms with Crippen molar-refractivity contribution in [3.63, 3.8) is 0 Å². The third kappa shape index (κ3) is 4.61. The number of ketones is 1. The Morgan fingerprint density at radius 3 is 2.45 bits per heavy atom.